The number of nitrogens with zero attached hydrogens (tertiary/aromatic N) is 1. The third-order valence-electron chi connectivity index (χ3n) is 4.71. The van der Waals surface area contributed by atoms with Crippen LogP contribution in [0.3, 0.4) is 0 Å². The number of rotatable bonds is 6. The summed E-state index contributed by atoms with van der Waals surface area (Å²) in [6.45, 7) is 0.924. The molecule has 1 fully saturated rings. The summed E-state index contributed by atoms with van der Waals surface area (Å²) in [6.07, 6.45) is -5.66. The van der Waals surface area contributed by atoms with Gasteiger partial charge in [-0.05, 0) is 48.9 Å². The number of urea groups is 1. The molecule has 3 amide bonds. The van der Waals surface area contributed by atoms with Crippen LogP contribution in [0.5, 0.6) is 5.75 Å². The Balaban J connectivity index is 1.66. The normalized spacial score (nSPS) is 20.3. The lowest BCUT2D eigenvalue weighted by Gasteiger charge is -2.23. The maximum atomic E-state index is 12.8. The van der Waals surface area contributed by atoms with E-state index < -0.39 is 35.3 Å². The molecule has 2 unspecified atom stereocenters. The van der Waals surface area contributed by atoms with Gasteiger partial charge in [0.15, 0.2) is 0 Å². The molecule has 0 aromatic heterocycles. The van der Waals surface area contributed by atoms with Crippen molar-refractivity contribution in [3.63, 3.8) is 0 Å². The van der Waals surface area contributed by atoms with Crippen molar-refractivity contribution in [3.05, 3.63) is 64.1 Å². The van der Waals surface area contributed by atoms with Gasteiger partial charge in [0.1, 0.15) is 24.0 Å². The number of amides is 3. The van der Waals surface area contributed by atoms with E-state index in [0.717, 1.165) is 33.6 Å². The highest BCUT2D eigenvalue weighted by molar-refractivity contribution is 9.10. The van der Waals surface area contributed by atoms with Crippen LogP contribution in [-0.2, 0) is 16.5 Å². The number of aliphatic hydroxyl groups is 1. The lowest BCUT2D eigenvalue weighted by atomic mass is 9.91. The average molecular weight is 487 g/mol. The number of nitrogens with one attached hydrogen (secondary N) is 1. The molecule has 2 aromatic carbocycles. The fourth-order valence-corrected chi connectivity index (χ4v) is 3.30. The number of aliphatic hydroxyl groups excluding tert-OH is 1. The largest absolute Gasteiger partial charge is 0.491 e. The van der Waals surface area contributed by atoms with Crippen LogP contribution in [0.15, 0.2) is 53.0 Å². The molecule has 0 radical (unpaired) electrons. The Morgan fingerprint density at radius 1 is 1.13 bits per heavy atom. The first-order valence-electron chi connectivity index (χ1n) is 8.89. The molecule has 30 heavy (non-hydrogen) atoms. The highest BCUT2D eigenvalue weighted by atomic mass is 79.9. The summed E-state index contributed by atoms with van der Waals surface area (Å²) >= 11 is 3.29. The topological polar surface area (TPSA) is 78.9 Å². The van der Waals surface area contributed by atoms with Crippen molar-refractivity contribution < 1.29 is 32.6 Å². The van der Waals surface area contributed by atoms with E-state index in [1.807, 2.05) is 0 Å². The van der Waals surface area contributed by atoms with E-state index in [-0.39, 0.29) is 18.7 Å². The van der Waals surface area contributed by atoms with Gasteiger partial charge in [-0.2, -0.15) is 13.2 Å². The molecular formula is C20H18BrF3N2O4. The van der Waals surface area contributed by atoms with Gasteiger partial charge in [0, 0.05) is 4.47 Å². The fraction of sp³-hybridized carbons (Fsp3) is 0.300. The summed E-state index contributed by atoms with van der Waals surface area (Å²) in [5, 5.41) is 12.7. The molecule has 3 rings (SSSR count). The highest BCUT2D eigenvalue weighted by Gasteiger charge is 2.49. The van der Waals surface area contributed by atoms with E-state index in [0.29, 0.717) is 5.75 Å². The number of ether oxygens (including phenoxy) is 1. The van der Waals surface area contributed by atoms with Gasteiger partial charge in [-0.25, -0.2) is 4.79 Å². The van der Waals surface area contributed by atoms with Crippen LogP contribution in [0.25, 0.3) is 0 Å². The third kappa shape index (κ3) is 4.59. The molecule has 2 atom stereocenters. The molecule has 2 N–H and O–H groups in total. The molecule has 6 nitrogen and oxygen atoms in total. The van der Waals surface area contributed by atoms with Gasteiger partial charge in [0.05, 0.1) is 12.1 Å². The summed E-state index contributed by atoms with van der Waals surface area (Å²) in [6, 6.07) is 10.1. The molecule has 0 aliphatic carbocycles. The first kappa shape index (κ1) is 22.1. The van der Waals surface area contributed by atoms with E-state index >= 15 is 0 Å². The Kier molecular flexibility index (Phi) is 6.09. The fourth-order valence-electron chi connectivity index (χ4n) is 3.04. The van der Waals surface area contributed by atoms with Gasteiger partial charge < -0.3 is 15.2 Å². The predicted octanol–water partition coefficient (Wildman–Crippen LogP) is 3.67. The molecule has 1 heterocycles. The van der Waals surface area contributed by atoms with Crippen LogP contribution in [0.2, 0.25) is 0 Å². The first-order valence-corrected chi connectivity index (χ1v) is 9.68. The number of carbonyl (C=O) groups is 2. The summed E-state index contributed by atoms with van der Waals surface area (Å²) in [5.74, 6) is -0.168. The number of carbonyl (C=O) groups excluding carboxylic acids is 2. The standard InChI is InChI=1S/C20H18BrF3N2O4/c1-19(12-2-4-13(5-3-12)20(22,23)24)17(28)26(18(29)25-19)10-15(27)11-30-16-8-6-14(21)7-9-16/h2-9,15,27H,10-11H2,1H3,(H,25,29). The van der Waals surface area contributed by atoms with Gasteiger partial charge in [-0.1, -0.05) is 28.1 Å². The van der Waals surface area contributed by atoms with Crippen LogP contribution in [0.1, 0.15) is 18.1 Å². The van der Waals surface area contributed by atoms with Gasteiger partial charge in [-0.15, -0.1) is 0 Å². The van der Waals surface area contributed by atoms with Gasteiger partial charge in [0.25, 0.3) is 5.91 Å². The van der Waals surface area contributed by atoms with Crippen LogP contribution >= 0.6 is 15.9 Å². The minimum Gasteiger partial charge on any atom is -0.491 e. The molecule has 2 aromatic rings. The summed E-state index contributed by atoms with van der Waals surface area (Å²) in [4.78, 5) is 26.0. The molecule has 160 valence electrons. The number of imide groups is 1. The Morgan fingerprint density at radius 3 is 2.30 bits per heavy atom. The van der Waals surface area contributed by atoms with E-state index in [2.05, 4.69) is 21.2 Å². The molecule has 10 heteroatoms. The average Bonchev–Trinajstić information content (AvgIpc) is 2.91. The molecule has 1 aliphatic heterocycles. The quantitative estimate of drug-likeness (QED) is 0.610. The monoisotopic (exact) mass is 486 g/mol. The maximum absolute atomic E-state index is 12.8. The Labute approximate surface area is 178 Å². The Hall–Kier alpha value is -2.59. The number of β-amino-alcohol motifs (C(OH)–C–C–N with tert-alkyl or cyclic N) is 1. The smallest absolute Gasteiger partial charge is 0.416 e. The number of hydrogen-bond acceptors (Lipinski definition) is 4. The lowest BCUT2D eigenvalue weighted by molar-refractivity contribution is -0.137. The van der Waals surface area contributed by atoms with Crippen molar-refractivity contribution in [3.8, 4) is 5.75 Å². The highest BCUT2D eigenvalue weighted by Crippen LogP contribution is 2.33. The van der Waals surface area contributed by atoms with Crippen molar-refractivity contribution in [2.75, 3.05) is 13.2 Å². The number of halogens is 4. The Bertz CT molecular complexity index is 935. The van der Waals surface area contributed by atoms with Gasteiger partial charge in [-0.3, -0.25) is 9.69 Å². The number of alkyl halides is 3. The third-order valence-corrected chi connectivity index (χ3v) is 5.24. The molecular weight excluding hydrogens is 469 g/mol. The SMILES string of the molecule is CC1(c2ccc(C(F)(F)F)cc2)NC(=O)N(CC(O)COc2ccc(Br)cc2)C1=O. The maximum Gasteiger partial charge on any atom is 0.416 e. The predicted molar refractivity (Wildman–Crippen MR) is 105 cm³/mol. The van der Waals surface area contributed by atoms with E-state index in [4.69, 9.17) is 4.74 Å². The van der Waals surface area contributed by atoms with Crippen molar-refractivity contribution >= 4 is 27.9 Å². The van der Waals surface area contributed by atoms with Crippen LogP contribution in [-0.4, -0.2) is 41.2 Å². The minimum absolute atomic E-state index is 0.157. The van der Waals surface area contributed by atoms with Crippen molar-refractivity contribution in [1.82, 2.24) is 10.2 Å². The van der Waals surface area contributed by atoms with E-state index in [9.17, 15) is 27.9 Å². The van der Waals surface area contributed by atoms with Gasteiger partial charge >= 0.3 is 12.2 Å². The zero-order valence-electron chi connectivity index (χ0n) is 15.7. The number of hydrogen-bond donors (Lipinski definition) is 2. The summed E-state index contributed by atoms with van der Waals surface area (Å²) in [7, 11) is 0. The second-order valence-corrected chi connectivity index (χ2v) is 7.88. The second kappa shape index (κ2) is 8.27. The minimum atomic E-state index is -4.51. The lowest BCUT2D eigenvalue weighted by Crippen LogP contribution is -2.42. The molecule has 0 spiro atoms. The van der Waals surface area contributed by atoms with Gasteiger partial charge in [0.2, 0.25) is 0 Å². The first-order chi connectivity index (χ1) is 14.0. The zero-order chi connectivity index (χ0) is 22.1. The second-order valence-electron chi connectivity index (χ2n) is 6.96. The molecule has 0 bridgehead atoms. The van der Waals surface area contributed by atoms with Crippen LogP contribution in [0.4, 0.5) is 18.0 Å². The Morgan fingerprint density at radius 2 is 1.73 bits per heavy atom. The van der Waals surface area contributed by atoms with E-state index in [1.54, 1.807) is 24.3 Å². The van der Waals surface area contributed by atoms with Crippen LogP contribution in [0, 0.1) is 0 Å². The van der Waals surface area contributed by atoms with Crippen LogP contribution < -0.4 is 10.1 Å². The molecule has 1 saturated heterocycles. The molecule has 0 saturated carbocycles. The number of benzene rings is 2. The summed E-state index contributed by atoms with van der Waals surface area (Å²) in [5.41, 5.74) is -2.19. The van der Waals surface area contributed by atoms with Crippen molar-refractivity contribution in [2.45, 2.75) is 24.7 Å². The summed E-state index contributed by atoms with van der Waals surface area (Å²) < 4.78 is 44.6. The van der Waals surface area contributed by atoms with Crippen molar-refractivity contribution in [1.29, 1.82) is 0 Å². The van der Waals surface area contributed by atoms with Crippen molar-refractivity contribution in [2.24, 2.45) is 0 Å². The molecule has 1 aliphatic rings. The zero-order valence-corrected chi connectivity index (χ0v) is 17.3. The van der Waals surface area contributed by atoms with E-state index in [1.165, 1.54) is 6.92 Å².